The summed E-state index contributed by atoms with van der Waals surface area (Å²) >= 11 is 0. The van der Waals surface area contributed by atoms with Crippen molar-refractivity contribution in [2.45, 2.75) is 19.9 Å². The van der Waals surface area contributed by atoms with E-state index in [4.69, 9.17) is 10.8 Å². The quantitative estimate of drug-likeness (QED) is 0.609. The minimum absolute atomic E-state index is 0.105. The molecular formula is C10H15NO2. The second-order valence-corrected chi connectivity index (χ2v) is 3.52. The maximum Gasteiger partial charge on any atom is 0.157 e. The highest BCUT2D eigenvalue weighted by Gasteiger charge is 2.11. The Labute approximate surface area is 77.8 Å². The molecule has 3 nitrogen and oxygen atoms in total. The van der Waals surface area contributed by atoms with Gasteiger partial charge in [-0.25, -0.2) is 0 Å². The molecule has 0 aromatic heterocycles. The Balaban J connectivity index is 2.97. The second kappa shape index (κ2) is 3.66. The van der Waals surface area contributed by atoms with E-state index in [-0.39, 0.29) is 17.5 Å². The Morgan fingerprint density at radius 1 is 1.15 bits per heavy atom. The number of hydrogen-bond acceptors (Lipinski definition) is 3. The minimum Gasteiger partial charge on any atom is -0.504 e. The van der Waals surface area contributed by atoms with Gasteiger partial charge in [-0.3, -0.25) is 0 Å². The van der Waals surface area contributed by atoms with Gasteiger partial charge in [0.2, 0.25) is 0 Å². The predicted molar refractivity (Wildman–Crippen MR) is 51.5 cm³/mol. The van der Waals surface area contributed by atoms with Crippen molar-refractivity contribution in [3.05, 3.63) is 23.8 Å². The lowest BCUT2D eigenvalue weighted by atomic mass is 9.97. The summed E-state index contributed by atoms with van der Waals surface area (Å²) in [4.78, 5) is 0. The van der Waals surface area contributed by atoms with Crippen LogP contribution < -0.4 is 5.73 Å². The lowest BCUT2D eigenvalue weighted by molar-refractivity contribution is 0.401. The van der Waals surface area contributed by atoms with Crippen LogP contribution >= 0.6 is 0 Å². The normalized spacial score (nSPS) is 13.2. The molecule has 1 atom stereocenters. The van der Waals surface area contributed by atoms with E-state index in [1.54, 1.807) is 6.07 Å². The molecule has 0 saturated carbocycles. The Bertz CT molecular complexity index is 297. The average Bonchev–Trinajstić information content (AvgIpc) is 2.08. The molecule has 0 spiro atoms. The summed E-state index contributed by atoms with van der Waals surface area (Å²) in [5, 5.41) is 18.3. The second-order valence-electron chi connectivity index (χ2n) is 3.52. The smallest absolute Gasteiger partial charge is 0.157 e. The van der Waals surface area contributed by atoms with Crippen LogP contribution in [0.25, 0.3) is 0 Å². The number of benzene rings is 1. The van der Waals surface area contributed by atoms with Crippen molar-refractivity contribution in [1.82, 2.24) is 0 Å². The van der Waals surface area contributed by atoms with Crippen molar-refractivity contribution in [3.8, 4) is 11.5 Å². The van der Waals surface area contributed by atoms with E-state index in [0.717, 1.165) is 5.56 Å². The zero-order valence-corrected chi connectivity index (χ0v) is 7.86. The van der Waals surface area contributed by atoms with Gasteiger partial charge in [0.15, 0.2) is 11.5 Å². The van der Waals surface area contributed by atoms with Crippen LogP contribution in [0.4, 0.5) is 0 Å². The van der Waals surface area contributed by atoms with Crippen LogP contribution in [0.2, 0.25) is 0 Å². The maximum absolute atomic E-state index is 9.23. The molecule has 0 heterocycles. The number of nitrogens with two attached hydrogens (primary N) is 1. The van der Waals surface area contributed by atoms with Gasteiger partial charge >= 0.3 is 0 Å². The first-order valence-electron chi connectivity index (χ1n) is 4.30. The van der Waals surface area contributed by atoms with Crippen molar-refractivity contribution < 1.29 is 10.2 Å². The molecule has 0 saturated heterocycles. The lowest BCUT2D eigenvalue weighted by Crippen LogP contribution is -2.16. The van der Waals surface area contributed by atoms with Gasteiger partial charge in [-0.1, -0.05) is 19.9 Å². The summed E-state index contributed by atoms with van der Waals surface area (Å²) in [6, 6.07) is 4.57. The fourth-order valence-electron chi connectivity index (χ4n) is 1.13. The highest BCUT2D eigenvalue weighted by atomic mass is 16.3. The number of phenolic OH excluding ortho intramolecular Hbond substituents is 2. The van der Waals surface area contributed by atoms with Crippen LogP contribution in [0.5, 0.6) is 11.5 Å². The zero-order valence-electron chi connectivity index (χ0n) is 7.86. The van der Waals surface area contributed by atoms with E-state index in [1.807, 2.05) is 13.8 Å². The molecule has 1 aromatic rings. The van der Waals surface area contributed by atoms with E-state index in [2.05, 4.69) is 0 Å². The summed E-state index contributed by atoms with van der Waals surface area (Å²) in [5.74, 6) is 0.0808. The van der Waals surface area contributed by atoms with Gasteiger partial charge in [0.25, 0.3) is 0 Å². The van der Waals surface area contributed by atoms with E-state index < -0.39 is 0 Å². The largest absolute Gasteiger partial charge is 0.504 e. The zero-order chi connectivity index (χ0) is 10.0. The molecule has 0 aliphatic rings. The van der Waals surface area contributed by atoms with Gasteiger partial charge in [-0.2, -0.15) is 0 Å². The Morgan fingerprint density at radius 2 is 1.77 bits per heavy atom. The highest BCUT2D eigenvalue weighted by molar-refractivity contribution is 5.41. The summed E-state index contributed by atoms with van der Waals surface area (Å²) in [7, 11) is 0. The number of rotatable bonds is 2. The maximum atomic E-state index is 9.23. The van der Waals surface area contributed by atoms with Crippen LogP contribution in [0.1, 0.15) is 25.5 Å². The minimum atomic E-state index is -0.117. The SMILES string of the molecule is CC(C)C(N)c1ccc(O)c(O)c1. The molecule has 0 amide bonds. The molecule has 1 unspecified atom stereocenters. The van der Waals surface area contributed by atoms with Crippen molar-refractivity contribution in [2.75, 3.05) is 0 Å². The Hall–Kier alpha value is -1.22. The number of phenols is 2. The topological polar surface area (TPSA) is 66.5 Å². The van der Waals surface area contributed by atoms with Crippen LogP contribution in [-0.2, 0) is 0 Å². The standard InChI is InChI=1S/C10H15NO2/c1-6(2)10(11)7-3-4-8(12)9(13)5-7/h3-6,10,12-13H,11H2,1-2H3. The molecule has 0 radical (unpaired) electrons. The van der Waals surface area contributed by atoms with Gasteiger partial charge in [0.05, 0.1) is 0 Å². The Morgan fingerprint density at radius 3 is 2.23 bits per heavy atom. The first kappa shape index (κ1) is 9.86. The van der Waals surface area contributed by atoms with Crippen LogP contribution in [-0.4, -0.2) is 10.2 Å². The fourth-order valence-corrected chi connectivity index (χ4v) is 1.13. The van der Waals surface area contributed by atoms with Crippen molar-refractivity contribution >= 4 is 0 Å². The monoisotopic (exact) mass is 181 g/mol. The van der Waals surface area contributed by atoms with Crippen molar-refractivity contribution in [3.63, 3.8) is 0 Å². The summed E-state index contributed by atoms with van der Waals surface area (Å²) < 4.78 is 0. The highest BCUT2D eigenvalue weighted by Crippen LogP contribution is 2.29. The third-order valence-corrected chi connectivity index (χ3v) is 2.10. The van der Waals surface area contributed by atoms with Crippen molar-refractivity contribution in [1.29, 1.82) is 0 Å². The lowest BCUT2D eigenvalue weighted by Gasteiger charge is -2.16. The van der Waals surface area contributed by atoms with Crippen LogP contribution in [0.3, 0.4) is 0 Å². The first-order chi connectivity index (χ1) is 6.02. The molecule has 1 rings (SSSR count). The molecule has 4 N–H and O–H groups in total. The number of hydrogen-bond donors (Lipinski definition) is 3. The molecule has 0 fully saturated rings. The molecular weight excluding hydrogens is 166 g/mol. The van der Waals surface area contributed by atoms with Crippen LogP contribution in [0.15, 0.2) is 18.2 Å². The van der Waals surface area contributed by atoms with E-state index >= 15 is 0 Å². The summed E-state index contributed by atoms with van der Waals surface area (Å²) in [6.45, 7) is 4.02. The van der Waals surface area contributed by atoms with E-state index in [1.165, 1.54) is 12.1 Å². The molecule has 72 valence electrons. The molecule has 0 bridgehead atoms. The molecule has 13 heavy (non-hydrogen) atoms. The van der Waals surface area contributed by atoms with Crippen molar-refractivity contribution in [2.24, 2.45) is 11.7 Å². The van der Waals surface area contributed by atoms with E-state index in [0.29, 0.717) is 5.92 Å². The van der Waals surface area contributed by atoms with Gasteiger partial charge < -0.3 is 15.9 Å². The molecule has 0 aliphatic carbocycles. The van der Waals surface area contributed by atoms with Gasteiger partial charge in [0, 0.05) is 6.04 Å². The first-order valence-corrected chi connectivity index (χ1v) is 4.30. The third-order valence-electron chi connectivity index (χ3n) is 2.10. The Kier molecular flexibility index (Phi) is 2.78. The van der Waals surface area contributed by atoms with Gasteiger partial charge in [0.1, 0.15) is 0 Å². The van der Waals surface area contributed by atoms with Gasteiger partial charge in [-0.05, 0) is 23.6 Å². The summed E-state index contributed by atoms with van der Waals surface area (Å²) in [6.07, 6.45) is 0. The summed E-state index contributed by atoms with van der Waals surface area (Å²) in [5.41, 5.74) is 6.70. The average molecular weight is 181 g/mol. The van der Waals surface area contributed by atoms with Gasteiger partial charge in [-0.15, -0.1) is 0 Å². The fraction of sp³-hybridized carbons (Fsp3) is 0.400. The number of aromatic hydroxyl groups is 2. The van der Waals surface area contributed by atoms with Crippen LogP contribution in [0, 0.1) is 5.92 Å². The van der Waals surface area contributed by atoms with E-state index in [9.17, 15) is 5.11 Å². The molecule has 0 aliphatic heterocycles. The third kappa shape index (κ3) is 2.12. The molecule has 1 aromatic carbocycles. The molecule has 3 heteroatoms. The predicted octanol–water partition coefficient (Wildman–Crippen LogP) is 1.75.